The summed E-state index contributed by atoms with van der Waals surface area (Å²) in [7, 11) is -4.26. The Hall–Kier alpha value is -0.930. The van der Waals surface area contributed by atoms with Crippen LogP contribution in [0.3, 0.4) is 0 Å². The number of fused-ring (bicyclic) bond motifs is 1. The normalized spacial score (nSPS) is 11.9. The summed E-state index contributed by atoms with van der Waals surface area (Å²) in [5, 5.41) is 0.729. The summed E-state index contributed by atoms with van der Waals surface area (Å²) in [6.45, 7) is 0. The Bertz CT molecular complexity index is 720. The number of hydrogen-bond donors (Lipinski definition) is 2. The maximum Gasteiger partial charge on any atom is 0.294 e. The Morgan fingerprint density at radius 3 is 2.56 bits per heavy atom. The topological polar surface area (TPSA) is 87.2 Å². The lowest BCUT2D eigenvalue weighted by atomic mass is 10.2. The van der Waals surface area contributed by atoms with Crippen molar-refractivity contribution in [2.24, 2.45) is 0 Å². The van der Waals surface area contributed by atoms with E-state index in [9.17, 15) is 13.2 Å². The van der Waals surface area contributed by atoms with Crippen molar-refractivity contribution in [2.45, 2.75) is 4.90 Å². The maximum atomic E-state index is 11.1. The SMILES string of the molecule is O=c1ccc2c(I)cc(S(=O)(=O)O)cc2[nH]1. The number of benzene rings is 1. The summed E-state index contributed by atoms with van der Waals surface area (Å²) in [6, 6.07) is 5.53. The Morgan fingerprint density at radius 1 is 1.25 bits per heavy atom. The van der Waals surface area contributed by atoms with Gasteiger partial charge in [-0.15, -0.1) is 0 Å². The molecule has 2 aromatic rings. The second-order valence-corrected chi connectivity index (χ2v) is 5.75. The molecule has 84 valence electrons. The van der Waals surface area contributed by atoms with Crippen molar-refractivity contribution in [1.29, 1.82) is 0 Å². The van der Waals surface area contributed by atoms with Crippen LogP contribution in [-0.4, -0.2) is 18.0 Å². The first kappa shape index (κ1) is 11.6. The monoisotopic (exact) mass is 351 g/mol. The number of aromatic nitrogens is 1. The zero-order valence-electron chi connectivity index (χ0n) is 7.77. The highest BCUT2D eigenvalue weighted by molar-refractivity contribution is 14.1. The minimum Gasteiger partial charge on any atom is -0.322 e. The van der Waals surface area contributed by atoms with Crippen LogP contribution in [0.5, 0.6) is 0 Å². The third-order valence-corrected chi connectivity index (χ3v) is 3.78. The molecular weight excluding hydrogens is 345 g/mol. The van der Waals surface area contributed by atoms with Crippen molar-refractivity contribution in [3.05, 3.63) is 38.2 Å². The fourth-order valence-corrected chi connectivity index (χ4v) is 2.90. The van der Waals surface area contributed by atoms with E-state index in [4.69, 9.17) is 4.55 Å². The van der Waals surface area contributed by atoms with Crippen molar-refractivity contribution in [1.82, 2.24) is 4.98 Å². The van der Waals surface area contributed by atoms with Crippen LogP contribution in [0.25, 0.3) is 10.9 Å². The largest absolute Gasteiger partial charge is 0.322 e. The second kappa shape index (κ2) is 3.82. The second-order valence-electron chi connectivity index (χ2n) is 3.16. The van der Waals surface area contributed by atoms with Gasteiger partial charge in [0.05, 0.1) is 10.4 Å². The van der Waals surface area contributed by atoms with E-state index in [1.807, 2.05) is 22.6 Å². The van der Waals surface area contributed by atoms with Crippen LogP contribution in [-0.2, 0) is 10.1 Å². The zero-order chi connectivity index (χ0) is 11.9. The van der Waals surface area contributed by atoms with Crippen LogP contribution >= 0.6 is 22.6 Å². The van der Waals surface area contributed by atoms with E-state index in [0.29, 0.717) is 9.09 Å². The maximum absolute atomic E-state index is 11.1. The number of halogens is 1. The molecule has 0 bridgehead atoms. The highest BCUT2D eigenvalue weighted by Crippen LogP contribution is 2.22. The van der Waals surface area contributed by atoms with Crippen LogP contribution in [0.2, 0.25) is 0 Å². The molecule has 1 aromatic heterocycles. The minimum absolute atomic E-state index is 0.230. The number of nitrogens with one attached hydrogen (secondary N) is 1. The number of H-pyrrole nitrogens is 1. The molecule has 0 spiro atoms. The first-order chi connectivity index (χ1) is 7.38. The van der Waals surface area contributed by atoms with Gasteiger partial charge in [-0.3, -0.25) is 9.35 Å². The molecule has 0 aliphatic heterocycles. The van der Waals surface area contributed by atoms with E-state index in [-0.39, 0.29) is 10.5 Å². The molecular formula is C9H6INO4S. The van der Waals surface area contributed by atoms with E-state index in [2.05, 4.69) is 4.98 Å². The molecule has 0 aliphatic rings. The number of hydrogen-bond acceptors (Lipinski definition) is 3. The van der Waals surface area contributed by atoms with Crippen molar-refractivity contribution < 1.29 is 13.0 Å². The van der Waals surface area contributed by atoms with Gasteiger partial charge in [0.15, 0.2) is 0 Å². The quantitative estimate of drug-likeness (QED) is 0.600. The van der Waals surface area contributed by atoms with Crippen molar-refractivity contribution in [3.63, 3.8) is 0 Å². The smallest absolute Gasteiger partial charge is 0.294 e. The van der Waals surface area contributed by atoms with Crippen molar-refractivity contribution in [3.8, 4) is 0 Å². The molecule has 0 amide bonds. The fraction of sp³-hybridized carbons (Fsp3) is 0. The van der Waals surface area contributed by atoms with E-state index in [1.54, 1.807) is 6.07 Å². The first-order valence-corrected chi connectivity index (χ1v) is 6.70. The van der Waals surface area contributed by atoms with Gasteiger partial charge in [0, 0.05) is 15.0 Å². The van der Waals surface area contributed by atoms with E-state index < -0.39 is 10.1 Å². The predicted molar refractivity (Wildman–Crippen MR) is 67.1 cm³/mol. The lowest BCUT2D eigenvalue weighted by Crippen LogP contribution is -2.05. The average Bonchev–Trinajstić information content (AvgIpc) is 2.15. The third kappa shape index (κ3) is 2.11. The Kier molecular flexibility index (Phi) is 2.76. The number of rotatable bonds is 1. The first-order valence-electron chi connectivity index (χ1n) is 4.18. The molecule has 0 fully saturated rings. The molecule has 1 heterocycles. The van der Waals surface area contributed by atoms with Gasteiger partial charge < -0.3 is 4.98 Å². The van der Waals surface area contributed by atoms with Gasteiger partial charge in [0.25, 0.3) is 10.1 Å². The molecule has 0 radical (unpaired) electrons. The molecule has 5 nitrogen and oxygen atoms in total. The Balaban J connectivity index is 2.91. The molecule has 0 saturated heterocycles. The van der Waals surface area contributed by atoms with Crippen LogP contribution in [0.1, 0.15) is 0 Å². The number of pyridine rings is 1. The minimum atomic E-state index is -4.26. The van der Waals surface area contributed by atoms with Crippen LogP contribution < -0.4 is 5.56 Å². The van der Waals surface area contributed by atoms with Gasteiger partial charge >= 0.3 is 0 Å². The molecule has 0 saturated carbocycles. The third-order valence-electron chi connectivity index (χ3n) is 2.06. The molecule has 7 heteroatoms. The van der Waals surface area contributed by atoms with Crippen LogP contribution in [0.15, 0.2) is 34.0 Å². The standard InChI is InChI=1S/C9H6INO4S/c10-7-3-5(16(13,14)15)4-8-6(7)1-2-9(12)11-8/h1-4H,(H,11,12)(H,13,14,15). The van der Waals surface area contributed by atoms with Crippen molar-refractivity contribution >= 4 is 43.6 Å². The molecule has 0 unspecified atom stereocenters. The summed E-state index contributed by atoms with van der Waals surface area (Å²) >= 11 is 1.94. The summed E-state index contributed by atoms with van der Waals surface area (Å²) < 4.78 is 31.5. The summed E-state index contributed by atoms with van der Waals surface area (Å²) in [5.74, 6) is 0. The van der Waals surface area contributed by atoms with Gasteiger partial charge in [-0.2, -0.15) is 8.42 Å². The van der Waals surface area contributed by atoms with Gasteiger partial charge in [-0.05, 0) is 40.8 Å². The summed E-state index contributed by atoms with van der Waals surface area (Å²) in [6.07, 6.45) is 0. The fourth-order valence-electron chi connectivity index (χ4n) is 1.35. The van der Waals surface area contributed by atoms with Gasteiger partial charge in [-0.1, -0.05) is 0 Å². The predicted octanol–water partition coefficient (Wildman–Crippen LogP) is 1.38. The summed E-state index contributed by atoms with van der Waals surface area (Å²) in [4.78, 5) is 13.4. The molecule has 16 heavy (non-hydrogen) atoms. The molecule has 2 rings (SSSR count). The van der Waals surface area contributed by atoms with Crippen molar-refractivity contribution in [2.75, 3.05) is 0 Å². The van der Waals surface area contributed by atoms with Gasteiger partial charge in [0.2, 0.25) is 5.56 Å². The van der Waals surface area contributed by atoms with E-state index in [1.165, 1.54) is 18.2 Å². The Labute approximate surface area is 104 Å². The Morgan fingerprint density at radius 2 is 1.94 bits per heavy atom. The average molecular weight is 351 g/mol. The van der Waals surface area contributed by atoms with Crippen LogP contribution in [0, 0.1) is 3.57 Å². The molecule has 0 atom stereocenters. The van der Waals surface area contributed by atoms with E-state index >= 15 is 0 Å². The summed E-state index contributed by atoms with van der Waals surface area (Å²) in [5.41, 5.74) is 0.0582. The highest BCUT2D eigenvalue weighted by Gasteiger charge is 2.12. The van der Waals surface area contributed by atoms with E-state index in [0.717, 1.165) is 5.39 Å². The van der Waals surface area contributed by atoms with Gasteiger partial charge in [-0.25, -0.2) is 0 Å². The lowest BCUT2D eigenvalue weighted by Gasteiger charge is -2.03. The zero-order valence-corrected chi connectivity index (χ0v) is 10.7. The molecule has 1 aromatic carbocycles. The number of aromatic amines is 1. The highest BCUT2D eigenvalue weighted by atomic mass is 127. The van der Waals surface area contributed by atoms with Crippen LogP contribution in [0.4, 0.5) is 0 Å². The lowest BCUT2D eigenvalue weighted by molar-refractivity contribution is 0.483. The van der Waals surface area contributed by atoms with Gasteiger partial charge in [0.1, 0.15) is 0 Å². The molecule has 2 N–H and O–H groups in total. The molecule has 0 aliphatic carbocycles.